The van der Waals surface area contributed by atoms with E-state index in [-0.39, 0.29) is 35.2 Å². The Morgan fingerprint density at radius 3 is 2.58 bits per heavy atom. The number of carbonyl (C=O) groups excluding carboxylic acids is 2. The summed E-state index contributed by atoms with van der Waals surface area (Å²) in [5, 5.41) is 5.33. The number of rotatable bonds is 3. The number of hydrogen-bond acceptors (Lipinski definition) is 3. The van der Waals surface area contributed by atoms with E-state index in [4.69, 9.17) is 4.74 Å². The Hall–Kier alpha value is -2.96. The number of fused-ring (bicyclic) bond motifs is 1. The second-order valence-corrected chi connectivity index (χ2v) is 6.15. The Bertz CT molecular complexity index is 883. The van der Waals surface area contributed by atoms with Crippen molar-refractivity contribution in [2.24, 2.45) is 0 Å². The molecule has 0 fully saturated rings. The molecule has 5 nitrogen and oxygen atoms in total. The predicted octanol–water partition coefficient (Wildman–Crippen LogP) is 3.49. The number of benzene rings is 2. The molecule has 0 unspecified atom stereocenters. The van der Waals surface area contributed by atoms with E-state index in [1.807, 2.05) is 0 Å². The third-order valence-corrected chi connectivity index (χ3v) is 4.18. The van der Waals surface area contributed by atoms with Crippen molar-refractivity contribution in [1.29, 1.82) is 0 Å². The Morgan fingerprint density at radius 1 is 1.15 bits per heavy atom. The maximum Gasteiger partial charge on any atom is 0.259 e. The Labute approximate surface area is 149 Å². The van der Waals surface area contributed by atoms with Gasteiger partial charge >= 0.3 is 0 Å². The topological polar surface area (TPSA) is 67.4 Å². The van der Waals surface area contributed by atoms with E-state index >= 15 is 0 Å². The zero-order chi connectivity index (χ0) is 18.8. The van der Waals surface area contributed by atoms with Crippen LogP contribution in [0.5, 0.6) is 5.75 Å². The first-order chi connectivity index (χ1) is 12.4. The molecule has 1 aliphatic rings. The van der Waals surface area contributed by atoms with Gasteiger partial charge in [0.05, 0.1) is 23.8 Å². The van der Waals surface area contributed by atoms with Crippen LogP contribution in [-0.4, -0.2) is 18.4 Å². The normalized spacial score (nSPS) is 15.6. The maximum absolute atomic E-state index is 14.3. The molecule has 2 aromatic rings. The van der Waals surface area contributed by atoms with E-state index in [0.717, 1.165) is 0 Å². The van der Waals surface area contributed by atoms with E-state index in [0.29, 0.717) is 17.7 Å². The van der Waals surface area contributed by atoms with Crippen LogP contribution < -0.4 is 15.4 Å². The minimum atomic E-state index is -0.558. The van der Waals surface area contributed by atoms with Gasteiger partial charge in [0.1, 0.15) is 17.4 Å². The average molecular weight is 360 g/mol. The van der Waals surface area contributed by atoms with Crippen molar-refractivity contribution in [2.75, 3.05) is 11.9 Å². The number of aryl methyl sites for hydroxylation is 1. The van der Waals surface area contributed by atoms with Gasteiger partial charge in [-0.3, -0.25) is 9.59 Å². The van der Waals surface area contributed by atoms with Gasteiger partial charge in [0, 0.05) is 19.0 Å². The summed E-state index contributed by atoms with van der Waals surface area (Å²) in [5.74, 6) is -1.60. The van der Waals surface area contributed by atoms with Gasteiger partial charge in [0.15, 0.2) is 0 Å². The largest absolute Gasteiger partial charge is 0.492 e. The third-order valence-electron chi connectivity index (χ3n) is 4.18. The smallest absolute Gasteiger partial charge is 0.259 e. The van der Waals surface area contributed by atoms with Crippen molar-refractivity contribution in [2.45, 2.75) is 26.3 Å². The van der Waals surface area contributed by atoms with Gasteiger partial charge < -0.3 is 15.4 Å². The van der Waals surface area contributed by atoms with Crippen molar-refractivity contribution >= 4 is 17.5 Å². The van der Waals surface area contributed by atoms with Crippen LogP contribution in [0.15, 0.2) is 30.3 Å². The molecule has 2 amide bonds. The summed E-state index contributed by atoms with van der Waals surface area (Å²) in [6.07, 6.45) is 0.408. The number of hydrogen-bond donors (Lipinski definition) is 2. The number of anilines is 1. The minimum Gasteiger partial charge on any atom is -0.492 e. The number of amides is 2. The molecule has 0 radical (unpaired) electrons. The zero-order valence-electron chi connectivity index (χ0n) is 14.4. The van der Waals surface area contributed by atoms with Crippen LogP contribution in [-0.2, 0) is 4.79 Å². The molecular formula is C19H18F2N2O3. The maximum atomic E-state index is 14.3. The third kappa shape index (κ3) is 3.51. The predicted molar refractivity (Wildman–Crippen MR) is 92.2 cm³/mol. The molecule has 0 aromatic heterocycles. The highest BCUT2D eigenvalue weighted by Crippen LogP contribution is 2.37. The Kier molecular flexibility index (Phi) is 4.88. The second kappa shape index (κ2) is 7.11. The fraction of sp³-hybridized carbons (Fsp3) is 0.263. The van der Waals surface area contributed by atoms with Gasteiger partial charge in [-0.1, -0.05) is 0 Å². The number of carbonyl (C=O) groups is 2. The molecule has 1 atom stereocenters. The monoisotopic (exact) mass is 360 g/mol. The van der Waals surface area contributed by atoms with E-state index in [2.05, 4.69) is 10.6 Å². The van der Waals surface area contributed by atoms with Gasteiger partial charge in [0.25, 0.3) is 5.91 Å². The molecule has 1 heterocycles. The molecule has 2 aromatic carbocycles. The van der Waals surface area contributed by atoms with Gasteiger partial charge in [-0.2, -0.15) is 0 Å². The zero-order valence-corrected chi connectivity index (χ0v) is 14.4. The van der Waals surface area contributed by atoms with Crippen molar-refractivity contribution in [3.63, 3.8) is 0 Å². The molecule has 0 bridgehead atoms. The lowest BCUT2D eigenvalue weighted by molar-refractivity contribution is -0.119. The Morgan fingerprint density at radius 2 is 1.88 bits per heavy atom. The van der Waals surface area contributed by atoms with Crippen molar-refractivity contribution < 1.29 is 23.1 Å². The standard InChI is InChI=1S/C19H18F2N2O3/c1-10-9-12(3-5-14(10)20)23-19(25)13-4-6-15(21)17-16(22-11(2)24)7-8-26-18(13)17/h3-6,9,16H,7-8H2,1-2H3,(H,22,24)(H,23,25)/t16-/m0/s1. The Balaban J connectivity index is 1.94. The summed E-state index contributed by atoms with van der Waals surface area (Å²) >= 11 is 0. The summed E-state index contributed by atoms with van der Waals surface area (Å²) in [7, 11) is 0. The van der Waals surface area contributed by atoms with Gasteiger partial charge in [-0.25, -0.2) is 8.78 Å². The van der Waals surface area contributed by atoms with Crippen LogP contribution in [0.3, 0.4) is 0 Å². The lowest BCUT2D eigenvalue weighted by Crippen LogP contribution is -2.32. The van der Waals surface area contributed by atoms with Crippen molar-refractivity contribution in [3.8, 4) is 5.75 Å². The number of nitrogens with one attached hydrogen (secondary N) is 2. The van der Waals surface area contributed by atoms with Gasteiger partial charge in [-0.15, -0.1) is 0 Å². The first-order valence-corrected chi connectivity index (χ1v) is 8.16. The van der Waals surface area contributed by atoms with Crippen LogP contribution in [0.25, 0.3) is 0 Å². The first-order valence-electron chi connectivity index (χ1n) is 8.16. The SMILES string of the molecule is CC(=O)N[C@H]1CCOc2c(C(=O)Nc3ccc(F)c(C)c3)ccc(F)c21. The molecule has 136 valence electrons. The molecule has 0 saturated heterocycles. The van der Waals surface area contributed by atoms with Crippen LogP contribution in [0.4, 0.5) is 14.5 Å². The van der Waals surface area contributed by atoms with Crippen LogP contribution in [0, 0.1) is 18.6 Å². The van der Waals surface area contributed by atoms with Crippen LogP contribution >= 0.6 is 0 Å². The number of halogens is 2. The molecular weight excluding hydrogens is 342 g/mol. The summed E-state index contributed by atoms with van der Waals surface area (Å²) in [5.41, 5.74) is 1.12. The van der Waals surface area contributed by atoms with E-state index in [1.54, 1.807) is 6.92 Å². The van der Waals surface area contributed by atoms with E-state index in [1.165, 1.54) is 37.3 Å². The van der Waals surface area contributed by atoms with Crippen molar-refractivity contribution in [3.05, 3.63) is 58.7 Å². The molecule has 0 saturated carbocycles. The van der Waals surface area contributed by atoms with Gasteiger partial charge in [0.2, 0.25) is 5.91 Å². The highest BCUT2D eigenvalue weighted by Gasteiger charge is 2.30. The highest BCUT2D eigenvalue weighted by atomic mass is 19.1. The second-order valence-electron chi connectivity index (χ2n) is 6.15. The highest BCUT2D eigenvalue weighted by molar-refractivity contribution is 6.06. The summed E-state index contributed by atoms with van der Waals surface area (Å²) in [6.45, 7) is 3.18. The van der Waals surface area contributed by atoms with Crippen LogP contribution in [0.1, 0.15) is 40.9 Å². The lowest BCUT2D eigenvalue weighted by Gasteiger charge is -2.28. The molecule has 3 rings (SSSR count). The average Bonchev–Trinajstić information content (AvgIpc) is 2.58. The summed E-state index contributed by atoms with van der Waals surface area (Å²) in [4.78, 5) is 24.0. The molecule has 26 heavy (non-hydrogen) atoms. The minimum absolute atomic E-state index is 0.117. The molecule has 1 aliphatic heterocycles. The van der Waals surface area contributed by atoms with Crippen molar-refractivity contribution in [1.82, 2.24) is 5.32 Å². The quantitative estimate of drug-likeness (QED) is 0.881. The first kappa shape index (κ1) is 17.8. The molecule has 2 N–H and O–H groups in total. The molecule has 0 spiro atoms. The van der Waals surface area contributed by atoms with E-state index in [9.17, 15) is 18.4 Å². The fourth-order valence-corrected chi connectivity index (χ4v) is 2.97. The molecule has 7 heteroatoms. The van der Waals surface area contributed by atoms with Crippen LogP contribution in [0.2, 0.25) is 0 Å². The lowest BCUT2D eigenvalue weighted by atomic mass is 9.96. The molecule has 0 aliphatic carbocycles. The fourth-order valence-electron chi connectivity index (χ4n) is 2.97. The van der Waals surface area contributed by atoms with E-state index < -0.39 is 17.8 Å². The number of ether oxygens (including phenoxy) is 1. The summed E-state index contributed by atoms with van der Waals surface area (Å²) < 4.78 is 33.2. The summed E-state index contributed by atoms with van der Waals surface area (Å²) in [6, 6.07) is 6.15. The van der Waals surface area contributed by atoms with Gasteiger partial charge in [-0.05, 0) is 42.8 Å².